The summed E-state index contributed by atoms with van der Waals surface area (Å²) in [5.41, 5.74) is -2.54. The highest BCUT2D eigenvalue weighted by atomic mass is 32.1. The second kappa shape index (κ2) is 4.97. The van der Waals surface area contributed by atoms with Gasteiger partial charge >= 0.3 is 12.4 Å². The van der Waals surface area contributed by atoms with E-state index >= 15 is 0 Å². The van der Waals surface area contributed by atoms with Crippen molar-refractivity contribution in [2.75, 3.05) is 0 Å². The first-order chi connectivity index (χ1) is 9.18. The highest BCUT2D eigenvalue weighted by molar-refractivity contribution is 7.10. The first-order valence-corrected chi connectivity index (χ1v) is 5.78. The van der Waals surface area contributed by atoms with Gasteiger partial charge in [-0.05, 0) is 18.2 Å². The maximum Gasteiger partial charge on any atom is 0.419 e. The van der Waals surface area contributed by atoms with E-state index in [9.17, 15) is 26.3 Å². The van der Waals surface area contributed by atoms with Crippen molar-refractivity contribution >= 4 is 11.3 Å². The van der Waals surface area contributed by atoms with E-state index in [2.05, 4.69) is 10.4 Å². The molecule has 1 heterocycles. The number of nitrogens with zero attached hydrogens (tertiary/aromatic N) is 1. The Morgan fingerprint density at radius 2 is 1.75 bits per heavy atom. The molecule has 2 rings (SSSR count). The maximum absolute atomic E-state index is 12.7. The summed E-state index contributed by atoms with van der Waals surface area (Å²) < 4.78 is 80.5. The molecule has 0 N–H and O–H groups in total. The smallest absolute Gasteiger partial charge is 0.419 e. The van der Waals surface area contributed by atoms with Crippen molar-refractivity contribution in [1.29, 1.82) is 0 Å². The topological polar surface area (TPSA) is 22.1 Å². The molecule has 0 amide bonds. The molecule has 0 spiro atoms. The number of hydrogen-bond donors (Lipinski definition) is 0. The van der Waals surface area contributed by atoms with Crippen molar-refractivity contribution in [2.24, 2.45) is 0 Å². The van der Waals surface area contributed by atoms with E-state index < -0.39 is 29.2 Å². The molecule has 0 aliphatic heterocycles. The number of rotatable bonds is 2. The minimum absolute atomic E-state index is 0.227. The molecule has 0 saturated heterocycles. The number of benzene rings is 1. The van der Waals surface area contributed by atoms with E-state index in [1.54, 1.807) is 0 Å². The summed E-state index contributed by atoms with van der Waals surface area (Å²) in [6, 6.07) is 0.976. The SMILES string of the molecule is FC(F)(F)c1ccc(C(F)(F)F)c(Oc2nc[c]s2)c1. The van der Waals surface area contributed by atoms with Gasteiger partial charge < -0.3 is 4.74 Å². The minimum atomic E-state index is -4.83. The molecule has 0 atom stereocenters. The Kier molecular flexibility index (Phi) is 3.63. The van der Waals surface area contributed by atoms with Crippen LogP contribution in [0, 0.1) is 5.38 Å². The Morgan fingerprint density at radius 1 is 1.05 bits per heavy atom. The Morgan fingerprint density at radius 3 is 2.25 bits per heavy atom. The van der Waals surface area contributed by atoms with Crippen LogP contribution in [0.3, 0.4) is 0 Å². The van der Waals surface area contributed by atoms with E-state index in [-0.39, 0.29) is 5.19 Å². The highest BCUT2D eigenvalue weighted by Gasteiger charge is 2.38. The van der Waals surface area contributed by atoms with E-state index in [0.717, 1.165) is 17.5 Å². The monoisotopic (exact) mass is 312 g/mol. The Labute approximate surface area is 112 Å². The summed E-state index contributed by atoms with van der Waals surface area (Å²) in [4.78, 5) is 3.52. The fraction of sp³-hybridized carbons (Fsp3) is 0.182. The van der Waals surface area contributed by atoms with Gasteiger partial charge in [-0.15, -0.1) is 0 Å². The van der Waals surface area contributed by atoms with Gasteiger partial charge in [-0.25, -0.2) is 4.98 Å². The molecule has 0 aliphatic carbocycles. The van der Waals surface area contributed by atoms with Gasteiger partial charge in [0.15, 0.2) is 0 Å². The van der Waals surface area contributed by atoms with Crippen LogP contribution in [0.5, 0.6) is 10.9 Å². The Bertz CT molecular complexity index is 590. The van der Waals surface area contributed by atoms with Crippen LogP contribution in [0.15, 0.2) is 24.4 Å². The lowest BCUT2D eigenvalue weighted by Crippen LogP contribution is -2.10. The zero-order chi connectivity index (χ0) is 15.0. The van der Waals surface area contributed by atoms with Crippen molar-refractivity contribution in [3.8, 4) is 10.9 Å². The third kappa shape index (κ3) is 3.21. The van der Waals surface area contributed by atoms with Gasteiger partial charge in [-0.1, -0.05) is 11.3 Å². The van der Waals surface area contributed by atoms with Crippen molar-refractivity contribution < 1.29 is 31.1 Å². The first-order valence-electron chi connectivity index (χ1n) is 4.96. The van der Waals surface area contributed by atoms with Crippen molar-refractivity contribution in [3.63, 3.8) is 0 Å². The average Bonchev–Trinajstić information content (AvgIpc) is 2.79. The predicted octanol–water partition coefficient (Wildman–Crippen LogP) is 4.77. The van der Waals surface area contributed by atoms with Crippen LogP contribution in [-0.2, 0) is 12.4 Å². The van der Waals surface area contributed by atoms with Gasteiger partial charge in [-0.3, -0.25) is 0 Å². The summed E-state index contributed by atoms with van der Waals surface area (Å²) in [5.74, 6) is -0.948. The van der Waals surface area contributed by atoms with Crippen LogP contribution in [-0.4, -0.2) is 4.98 Å². The minimum Gasteiger partial charge on any atom is -0.430 e. The van der Waals surface area contributed by atoms with Gasteiger partial charge in [0.1, 0.15) is 5.75 Å². The number of ether oxygens (including phenoxy) is 1. The number of aromatic nitrogens is 1. The molecule has 1 aromatic carbocycles. The zero-order valence-electron chi connectivity index (χ0n) is 9.34. The molecular weight excluding hydrogens is 308 g/mol. The normalized spacial score (nSPS) is 12.5. The van der Waals surface area contributed by atoms with Crippen LogP contribution >= 0.6 is 11.3 Å². The second-order valence-corrected chi connectivity index (χ2v) is 4.34. The van der Waals surface area contributed by atoms with Crippen LogP contribution in [0.2, 0.25) is 0 Å². The molecule has 1 aromatic heterocycles. The van der Waals surface area contributed by atoms with E-state index in [1.165, 1.54) is 0 Å². The van der Waals surface area contributed by atoms with Crippen LogP contribution < -0.4 is 4.74 Å². The molecular formula is C11H4F6NOS. The van der Waals surface area contributed by atoms with Crippen molar-refractivity contribution in [2.45, 2.75) is 12.4 Å². The standard InChI is InChI=1S/C11H4F6NOS/c12-10(13,14)6-1-2-7(11(15,16)17)8(5-6)19-9-18-3-4-20-9/h1-3,5H. The largest absolute Gasteiger partial charge is 0.430 e. The van der Waals surface area contributed by atoms with Gasteiger partial charge in [0, 0.05) is 0 Å². The number of halogens is 6. The molecule has 1 radical (unpaired) electrons. The lowest BCUT2D eigenvalue weighted by molar-refractivity contribution is -0.142. The van der Waals surface area contributed by atoms with Crippen molar-refractivity contribution in [1.82, 2.24) is 4.98 Å². The molecule has 0 unspecified atom stereocenters. The summed E-state index contributed by atoms with van der Waals surface area (Å²) in [5, 5.41) is 2.23. The van der Waals surface area contributed by atoms with Crippen LogP contribution in [0.25, 0.3) is 0 Å². The number of thiazole rings is 1. The Hall–Kier alpha value is -1.77. The molecule has 9 heteroatoms. The fourth-order valence-electron chi connectivity index (χ4n) is 1.34. The lowest BCUT2D eigenvalue weighted by Gasteiger charge is -2.14. The van der Waals surface area contributed by atoms with Gasteiger partial charge in [0.2, 0.25) is 0 Å². The number of hydrogen-bond acceptors (Lipinski definition) is 3. The fourth-order valence-corrected chi connectivity index (χ4v) is 1.78. The third-order valence-corrected chi connectivity index (χ3v) is 2.77. The third-order valence-electron chi connectivity index (χ3n) is 2.18. The molecule has 107 valence electrons. The highest BCUT2D eigenvalue weighted by Crippen LogP contribution is 2.41. The number of alkyl halides is 6. The van der Waals surface area contributed by atoms with Crippen LogP contribution in [0.4, 0.5) is 26.3 Å². The Balaban J connectivity index is 2.48. The van der Waals surface area contributed by atoms with E-state index in [4.69, 9.17) is 4.74 Å². The lowest BCUT2D eigenvalue weighted by atomic mass is 10.1. The summed E-state index contributed by atoms with van der Waals surface area (Å²) >= 11 is 0.744. The van der Waals surface area contributed by atoms with Gasteiger partial charge in [-0.2, -0.15) is 26.3 Å². The zero-order valence-corrected chi connectivity index (χ0v) is 10.2. The maximum atomic E-state index is 12.7. The van der Waals surface area contributed by atoms with Gasteiger partial charge in [0.25, 0.3) is 5.19 Å². The molecule has 2 nitrogen and oxygen atoms in total. The first kappa shape index (κ1) is 14.6. The molecule has 2 aromatic rings. The molecule has 0 bridgehead atoms. The summed E-state index contributed by atoms with van der Waals surface area (Å²) in [7, 11) is 0. The second-order valence-electron chi connectivity index (χ2n) is 3.55. The molecule has 0 aliphatic rings. The molecule has 0 fully saturated rings. The van der Waals surface area contributed by atoms with Crippen molar-refractivity contribution in [3.05, 3.63) is 40.9 Å². The van der Waals surface area contributed by atoms with Gasteiger partial charge in [0.05, 0.1) is 22.7 Å². The average molecular weight is 312 g/mol. The summed E-state index contributed by atoms with van der Waals surface area (Å²) in [6.45, 7) is 0. The molecule has 20 heavy (non-hydrogen) atoms. The van der Waals surface area contributed by atoms with Crippen LogP contribution in [0.1, 0.15) is 11.1 Å². The molecule has 0 saturated carbocycles. The van der Waals surface area contributed by atoms with E-state index in [1.807, 2.05) is 0 Å². The summed E-state index contributed by atoms with van der Waals surface area (Å²) in [6.07, 6.45) is -8.46. The van der Waals surface area contributed by atoms with E-state index in [0.29, 0.717) is 18.2 Å². The predicted molar refractivity (Wildman–Crippen MR) is 57.5 cm³/mol. The quantitative estimate of drug-likeness (QED) is 0.745.